The molecule has 0 saturated heterocycles. The molecular weight excluding hydrogens is 838 g/mol. The summed E-state index contributed by atoms with van der Waals surface area (Å²) in [7, 11) is -13.8. The van der Waals surface area contributed by atoms with Gasteiger partial charge in [-0.3, -0.25) is 13.7 Å². The SMILES string of the molecule is Nc1cc(N)c(N=Nc2ccc(S(=O)(=O)O)c(N=Nc3cc(N=Nc4cccc(S(=O)(=O)O)c4)c(N)cc3N)c2)cc1N=Nc1cccc(S(=O)(=O)O)c1.[Na].[Na].[Na]. The first-order valence-electron chi connectivity index (χ1n) is 14.6. The van der Waals surface area contributed by atoms with Gasteiger partial charge in [-0.05, 0) is 78.9 Å². The van der Waals surface area contributed by atoms with Crippen LogP contribution >= 0.6 is 0 Å². The molecule has 0 unspecified atom stereocenters. The van der Waals surface area contributed by atoms with Crippen LogP contribution in [0, 0.1) is 0 Å². The Bertz CT molecular complexity index is 2770. The molecule has 0 bridgehead atoms. The van der Waals surface area contributed by atoms with Gasteiger partial charge in [0.2, 0.25) is 0 Å². The quantitative estimate of drug-likeness (QED) is 0.0333. The summed E-state index contributed by atoms with van der Waals surface area (Å²) < 4.78 is 98.5. The standard InChI is InChI=1S/C30H26N12O9S3.3Na/c31-21-12-22(32)26(14-25(21)38-35-16-3-1-5-19(9-16)52(43,44)45)40-37-18-7-8-30(54(49,50)51)29(11-18)42-41-28-15-27(23(33)13-24(28)34)39-36-17-4-2-6-20(10-17)53(46,47)48;;;/h1-15H,31-34H2,(H,43,44,45)(H,46,47,48)(H,49,50,51);;;. The molecule has 0 aliphatic carbocycles. The van der Waals surface area contributed by atoms with Crippen LogP contribution in [0.25, 0.3) is 0 Å². The molecule has 57 heavy (non-hydrogen) atoms. The number of nitrogens with zero attached hydrogens (tertiary/aromatic N) is 8. The van der Waals surface area contributed by atoms with E-state index in [2.05, 4.69) is 40.9 Å². The molecule has 0 spiro atoms. The monoisotopic (exact) mass is 863 g/mol. The first-order valence-corrected chi connectivity index (χ1v) is 18.9. The van der Waals surface area contributed by atoms with Gasteiger partial charge in [-0.1, -0.05) is 12.1 Å². The van der Waals surface area contributed by atoms with Gasteiger partial charge in [0.15, 0.2) is 0 Å². The third-order valence-corrected chi connectivity index (χ3v) is 9.49. The average molecular weight is 864 g/mol. The van der Waals surface area contributed by atoms with Gasteiger partial charge in [-0.2, -0.15) is 40.6 Å². The van der Waals surface area contributed by atoms with Crippen LogP contribution in [0.4, 0.5) is 68.2 Å². The smallest absolute Gasteiger partial charge is 0.296 e. The maximum absolute atomic E-state index is 12.2. The molecule has 0 aromatic heterocycles. The maximum atomic E-state index is 12.2. The van der Waals surface area contributed by atoms with E-state index in [4.69, 9.17) is 22.9 Å². The van der Waals surface area contributed by atoms with Crippen molar-refractivity contribution in [3.8, 4) is 0 Å². The largest absolute Gasteiger partial charge is 0.397 e. The van der Waals surface area contributed by atoms with Crippen molar-refractivity contribution in [2.24, 2.45) is 40.9 Å². The average Bonchev–Trinajstić information content (AvgIpc) is 3.09. The fraction of sp³-hybridized carbons (Fsp3) is 0. The summed E-state index contributed by atoms with van der Waals surface area (Å²) in [5.74, 6) is 0. The van der Waals surface area contributed by atoms with Crippen molar-refractivity contribution >= 4 is 187 Å². The van der Waals surface area contributed by atoms with Crippen LogP contribution < -0.4 is 22.9 Å². The van der Waals surface area contributed by atoms with Gasteiger partial charge >= 0.3 is 0 Å². The van der Waals surface area contributed by atoms with Crippen molar-refractivity contribution in [2.45, 2.75) is 14.7 Å². The summed E-state index contributed by atoms with van der Waals surface area (Å²) in [5.41, 5.74) is 24.1. The van der Waals surface area contributed by atoms with Crippen molar-refractivity contribution in [1.82, 2.24) is 0 Å². The Kier molecular flexibility index (Phi) is 17.8. The van der Waals surface area contributed by atoms with Crippen LogP contribution in [-0.4, -0.2) is 128 Å². The van der Waals surface area contributed by atoms with Gasteiger partial charge in [0, 0.05) is 88.7 Å². The van der Waals surface area contributed by atoms with Crippen LogP contribution in [0.2, 0.25) is 0 Å². The van der Waals surface area contributed by atoms with Crippen LogP contribution in [0.5, 0.6) is 0 Å². The van der Waals surface area contributed by atoms with Crippen molar-refractivity contribution < 1.29 is 38.9 Å². The Balaban J connectivity index is 0.00000374. The second kappa shape index (κ2) is 20.4. The Morgan fingerprint density at radius 2 is 0.702 bits per heavy atom. The van der Waals surface area contributed by atoms with Crippen molar-refractivity contribution in [3.05, 3.63) is 91.0 Å². The Hall–Kier alpha value is -3.57. The fourth-order valence-corrected chi connectivity index (χ4v) is 5.93. The molecule has 11 N–H and O–H groups in total. The first-order chi connectivity index (χ1) is 25.3. The summed E-state index contributed by atoms with van der Waals surface area (Å²) in [4.78, 5) is -1.46. The molecule has 5 aromatic carbocycles. The summed E-state index contributed by atoms with van der Waals surface area (Å²) in [6.45, 7) is 0. The van der Waals surface area contributed by atoms with Gasteiger partial charge < -0.3 is 22.9 Å². The van der Waals surface area contributed by atoms with Gasteiger partial charge in [0.1, 0.15) is 33.3 Å². The third kappa shape index (κ3) is 13.5. The number of azo groups is 4. The van der Waals surface area contributed by atoms with Gasteiger partial charge in [-0.25, -0.2) is 0 Å². The second-order valence-electron chi connectivity index (χ2n) is 10.8. The Morgan fingerprint density at radius 3 is 1.05 bits per heavy atom. The molecule has 0 heterocycles. The summed E-state index contributed by atoms with van der Waals surface area (Å²) in [5, 5.41) is 31.9. The number of benzene rings is 5. The molecule has 281 valence electrons. The van der Waals surface area contributed by atoms with E-state index in [0.717, 1.165) is 30.3 Å². The number of hydrogen-bond acceptors (Lipinski definition) is 18. The van der Waals surface area contributed by atoms with E-state index >= 15 is 0 Å². The number of hydrogen-bond donors (Lipinski definition) is 7. The van der Waals surface area contributed by atoms with Gasteiger partial charge in [-0.15, -0.1) is 25.6 Å². The Morgan fingerprint density at radius 1 is 0.368 bits per heavy atom. The van der Waals surface area contributed by atoms with E-state index in [1.54, 1.807) is 0 Å². The zero-order chi connectivity index (χ0) is 39.4. The first kappa shape index (κ1) is 49.6. The molecule has 0 atom stereocenters. The van der Waals surface area contributed by atoms with Gasteiger partial charge in [0.25, 0.3) is 30.4 Å². The fourth-order valence-electron chi connectivity index (χ4n) is 4.29. The minimum atomic E-state index is -4.83. The normalized spacial score (nSPS) is 12.1. The molecule has 21 nitrogen and oxygen atoms in total. The summed E-state index contributed by atoms with van der Waals surface area (Å²) in [6.07, 6.45) is 0. The second-order valence-corrected chi connectivity index (χ2v) is 15.0. The minimum absolute atomic E-state index is 0. The van der Waals surface area contributed by atoms with E-state index in [0.29, 0.717) is 0 Å². The minimum Gasteiger partial charge on any atom is -0.397 e. The number of nitrogens with two attached hydrogens (primary N) is 4. The summed E-state index contributed by atoms with van der Waals surface area (Å²) in [6, 6.07) is 18.5. The molecule has 0 aliphatic rings. The predicted octanol–water partition coefficient (Wildman–Crippen LogP) is 6.27. The van der Waals surface area contributed by atoms with E-state index in [1.165, 1.54) is 60.7 Å². The molecule has 3 radical (unpaired) electrons. The summed E-state index contributed by atoms with van der Waals surface area (Å²) >= 11 is 0. The van der Waals surface area contributed by atoms with Crippen LogP contribution in [0.3, 0.4) is 0 Å². The van der Waals surface area contributed by atoms with Crippen LogP contribution in [0.15, 0.2) is 147 Å². The zero-order valence-electron chi connectivity index (χ0n) is 30.1. The molecule has 0 saturated carbocycles. The van der Waals surface area contributed by atoms with Crippen molar-refractivity contribution in [2.75, 3.05) is 22.9 Å². The van der Waals surface area contributed by atoms with Gasteiger partial charge in [0.05, 0.1) is 49.6 Å². The molecular formula is C30H26N12Na3O9S3. The Labute approximate surface area is 391 Å². The van der Waals surface area contributed by atoms with Crippen molar-refractivity contribution in [1.29, 1.82) is 0 Å². The third-order valence-electron chi connectivity index (χ3n) is 6.89. The van der Waals surface area contributed by atoms with Crippen LogP contribution in [0.1, 0.15) is 0 Å². The van der Waals surface area contributed by atoms with E-state index in [1.807, 2.05) is 0 Å². The predicted molar refractivity (Wildman–Crippen MR) is 213 cm³/mol. The molecule has 0 aliphatic heterocycles. The number of nitrogen functional groups attached to an aromatic ring is 4. The molecule has 0 amide bonds. The molecule has 5 rings (SSSR count). The van der Waals surface area contributed by atoms with Crippen LogP contribution in [-0.2, 0) is 30.4 Å². The van der Waals surface area contributed by atoms with E-state index in [-0.39, 0.29) is 157 Å². The molecule has 27 heteroatoms. The topological polar surface area (TPSA) is 366 Å². The molecule has 0 fully saturated rings. The zero-order valence-corrected chi connectivity index (χ0v) is 38.5. The molecule has 5 aromatic rings. The van der Waals surface area contributed by atoms with E-state index in [9.17, 15) is 38.9 Å². The van der Waals surface area contributed by atoms with Crippen molar-refractivity contribution in [3.63, 3.8) is 0 Å². The van der Waals surface area contributed by atoms with E-state index < -0.39 is 45.0 Å². The maximum Gasteiger partial charge on any atom is 0.296 e. The number of anilines is 4. The number of rotatable bonds is 11.